The number of carbonyl (C=O) groups is 2. The molecule has 1 heterocycles. The first-order valence-electron chi connectivity index (χ1n) is 7.07. The number of carboxylic acid groups (broad SMARTS) is 1. The van der Waals surface area contributed by atoms with Crippen molar-refractivity contribution in [2.45, 2.75) is 63.8 Å². The van der Waals surface area contributed by atoms with Crippen LogP contribution < -0.4 is 5.32 Å². The number of hydrogen-bond donors (Lipinski definition) is 2. The smallest absolute Gasteiger partial charge is 0.407 e. The molecule has 2 aliphatic rings. The third kappa shape index (κ3) is 3.62. The predicted molar refractivity (Wildman–Crippen MR) is 71.4 cm³/mol. The topological polar surface area (TPSA) is 84.9 Å². The van der Waals surface area contributed by atoms with Gasteiger partial charge in [0.15, 0.2) is 0 Å². The number of hydrogen-bond acceptors (Lipinski definition) is 4. The lowest BCUT2D eigenvalue weighted by molar-refractivity contribution is -0.164. The van der Waals surface area contributed by atoms with E-state index in [1.165, 1.54) is 0 Å². The Hall–Kier alpha value is -1.30. The molecule has 1 amide bonds. The van der Waals surface area contributed by atoms with Gasteiger partial charge in [-0.25, -0.2) is 4.79 Å². The van der Waals surface area contributed by atoms with Crippen LogP contribution in [0.5, 0.6) is 0 Å². The van der Waals surface area contributed by atoms with Crippen LogP contribution >= 0.6 is 0 Å². The highest BCUT2D eigenvalue weighted by Crippen LogP contribution is 2.49. The summed E-state index contributed by atoms with van der Waals surface area (Å²) in [5.74, 6) is -1.01. The molecule has 2 N–H and O–H groups in total. The highest BCUT2D eigenvalue weighted by atomic mass is 16.6. The van der Waals surface area contributed by atoms with E-state index >= 15 is 0 Å². The number of ether oxygens (including phenoxy) is 2. The molecule has 0 aromatic carbocycles. The largest absolute Gasteiger partial charge is 0.481 e. The molecule has 2 rings (SSSR count). The van der Waals surface area contributed by atoms with E-state index < -0.39 is 17.7 Å². The maximum Gasteiger partial charge on any atom is 0.407 e. The van der Waals surface area contributed by atoms with Crippen molar-refractivity contribution in [2.75, 3.05) is 6.54 Å². The summed E-state index contributed by atoms with van der Waals surface area (Å²) in [6.45, 7) is 5.85. The van der Waals surface area contributed by atoms with E-state index in [0.29, 0.717) is 19.4 Å². The standard InChI is InChI=1S/C14H23NO5/c1-13(2,3)20-12(18)15-8-10-4-5-14(19-10)6-9(7-14)11(16)17/h9-10H,4-8H2,1-3H3,(H,15,18)(H,16,17). The number of rotatable bonds is 3. The lowest BCUT2D eigenvalue weighted by Crippen LogP contribution is -2.47. The minimum Gasteiger partial charge on any atom is -0.481 e. The van der Waals surface area contributed by atoms with Gasteiger partial charge in [0.1, 0.15) is 5.60 Å². The molecule has 0 radical (unpaired) electrons. The zero-order chi connectivity index (χ0) is 15.0. The Kier molecular flexibility index (Phi) is 3.95. The van der Waals surface area contributed by atoms with E-state index in [1.54, 1.807) is 0 Å². The maximum atomic E-state index is 11.5. The van der Waals surface area contributed by atoms with Crippen molar-refractivity contribution >= 4 is 12.1 Å². The van der Waals surface area contributed by atoms with Gasteiger partial charge in [-0.1, -0.05) is 0 Å². The molecule has 1 saturated heterocycles. The number of nitrogens with one attached hydrogen (secondary N) is 1. The molecule has 114 valence electrons. The minimum atomic E-state index is -0.741. The fourth-order valence-corrected chi connectivity index (χ4v) is 2.86. The molecule has 1 atom stereocenters. The molecule has 1 saturated carbocycles. The second-order valence-corrected chi connectivity index (χ2v) is 6.79. The van der Waals surface area contributed by atoms with Crippen LogP contribution in [0.1, 0.15) is 46.5 Å². The molecular formula is C14H23NO5. The average Bonchev–Trinajstić information content (AvgIpc) is 2.66. The zero-order valence-electron chi connectivity index (χ0n) is 12.3. The molecule has 20 heavy (non-hydrogen) atoms. The molecule has 1 unspecified atom stereocenters. The quantitative estimate of drug-likeness (QED) is 0.827. The minimum absolute atomic E-state index is 0.0442. The molecule has 1 aliphatic heterocycles. The third-order valence-electron chi connectivity index (χ3n) is 3.80. The van der Waals surface area contributed by atoms with E-state index in [1.807, 2.05) is 20.8 Å². The second-order valence-electron chi connectivity index (χ2n) is 6.79. The lowest BCUT2D eigenvalue weighted by Gasteiger charge is -2.42. The first-order valence-corrected chi connectivity index (χ1v) is 7.07. The highest BCUT2D eigenvalue weighted by molar-refractivity contribution is 5.71. The van der Waals surface area contributed by atoms with Crippen molar-refractivity contribution in [3.63, 3.8) is 0 Å². The van der Waals surface area contributed by atoms with Gasteiger partial charge in [-0.3, -0.25) is 4.79 Å². The number of aliphatic carboxylic acids is 1. The summed E-state index contributed by atoms with van der Waals surface area (Å²) in [6, 6.07) is 0. The fourth-order valence-electron chi connectivity index (χ4n) is 2.86. The Balaban J connectivity index is 1.70. The van der Waals surface area contributed by atoms with Gasteiger partial charge in [-0.2, -0.15) is 0 Å². The molecule has 1 spiro atoms. The average molecular weight is 285 g/mol. The van der Waals surface area contributed by atoms with Crippen molar-refractivity contribution in [3.8, 4) is 0 Å². The van der Waals surface area contributed by atoms with E-state index in [0.717, 1.165) is 12.8 Å². The summed E-state index contributed by atoms with van der Waals surface area (Å²) in [4.78, 5) is 22.4. The molecule has 6 nitrogen and oxygen atoms in total. The van der Waals surface area contributed by atoms with Crippen molar-refractivity contribution < 1.29 is 24.2 Å². The summed E-state index contributed by atoms with van der Waals surface area (Å²) >= 11 is 0. The lowest BCUT2D eigenvalue weighted by atomic mass is 9.69. The van der Waals surface area contributed by atoms with Crippen LogP contribution in [0.25, 0.3) is 0 Å². The van der Waals surface area contributed by atoms with Gasteiger partial charge >= 0.3 is 12.1 Å². The number of carbonyl (C=O) groups excluding carboxylic acids is 1. The second kappa shape index (κ2) is 5.24. The van der Waals surface area contributed by atoms with E-state index in [-0.39, 0.29) is 17.6 Å². The molecule has 2 fully saturated rings. The first-order chi connectivity index (χ1) is 9.19. The summed E-state index contributed by atoms with van der Waals surface area (Å²) in [7, 11) is 0. The third-order valence-corrected chi connectivity index (χ3v) is 3.80. The molecule has 0 aromatic rings. The normalized spacial score (nSPS) is 32.8. The summed E-state index contributed by atoms with van der Waals surface area (Å²) in [6.07, 6.45) is 2.41. The summed E-state index contributed by atoms with van der Waals surface area (Å²) in [5.41, 5.74) is -0.770. The summed E-state index contributed by atoms with van der Waals surface area (Å²) in [5, 5.41) is 11.6. The number of amides is 1. The van der Waals surface area contributed by atoms with Crippen LogP contribution in [0.15, 0.2) is 0 Å². The van der Waals surface area contributed by atoms with Gasteiger partial charge in [0.25, 0.3) is 0 Å². The summed E-state index contributed by atoms with van der Waals surface area (Å²) < 4.78 is 11.1. The van der Waals surface area contributed by atoms with Gasteiger partial charge in [0, 0.05) is 6.54 Å². The van der Waals surface area contributed by atoms with E-state index in [2.05, 4.69) is 5.32 Å². The Labute approximate surface area is 118 Å². The van der Waals surface area contributed by atoms with Crippen molar-refractivity contribution in [1.82, 2.24) is 5.32 Å². The molecule has 1 aliphatic carbocycles. The first kappa shape index (κ1) is 15.1. The zero-order valence-corrected chi connectivity index (χ0v) is 12.3. The van der Waals surface area contributed by atoms with Crippen molar-refractivity contribution in [1.29, 1.82) is 0 Å². The van der Waals surface area contributed by atoms with Crippen LogP contribution in [-0.2, 0) is 14.3 Å². The number of alkyl carbamates (subject to hydrolysis) is 1. The van der Waals surface area contributed by atoms with Crippen LogP contribution in [-0.4, -0.2) is 41.0 Å². The SMILES string of the molecule is CC(C)(C)OC(=O)NCC1CCC2(CC(C(=O)O)C2)O1. The Morgan fingerprint density at radius 1 is 1.40 bits per heavy atom. The fraction of sp³-hybridized carbons (Fsp3) is 0.857. The van der Waals surface area contributed by atoms with Crippen molar-refractivity contribution in [2.24, 2.45) is 5.92 Å². The molecular weight excluding hydrogens is 262 g/mol. The number of carboxylic acids is 1. The maximum absolute atomic E-state index is 11.5. The van der Waals surface area contributed by atoms with Crippen molar-refractivity contribution in [3.05, 3.63) is 0 Å². The Morgan fingerprint density at radius 3 is 2.60 bits per heavy atom. The van der Waals surface area contributed by atoms with Gasteiger partial charge in [-0.15, -0.1) is 0 Å². The van der Waals surface area contributed by atoms with E-state index in [9.17, 15) is 9.59 Å². The Bertz CT molecular complexity index is 395. The van der Waals surface area contributed by atoms with Gasteiger partial charge in [-0.05, 0) is 46.5 Å². The van der Waals surface area contributed by atoms with Crippen LogP contribution in [0.4, 0.5) is 4.79 Å². The monoisotopic (exact) mass is 285 g/mol. The van der Waals surface area contributed by atoms with Crippen LogP contribution in [0.3, 0.4) is 0 Å². The molecule has 0 aromatic heterocycles. The van der Waals surface area contributed by atoms with Gasteiger partial charge in [0.2, 0.25) is 0 Å². The predicted octanol–water partition coefficient (Wildman–Crippen LogP) is 1.92. The van der Waals surface area contributed by atoms with Crippen LogP contribution in [0, 0.1) is 5.92 Å². The van der Waals surface area contributed by atoms with Gasteiger partial charge in [0.05, 0.1) is 17.6 Å². The van der Waals surface area contributed by atoms with Gasteiger partial charge < -0.3 is 19.9 Å². The van der Waals surface area contributed by atoms with Crippen LogP contribution in [0.2, 0.25) is 0 Å². The Morgan fingerprint density at radius 2 is 2.05 bits per heavy atom. The highest BCUT2D eigenvalue weighted by Gasteiger charge is 2.52. The van der Waals surface area contributed by atoms with E-state index in [4.69, 9.17) is 14.6 Å². The molecule has 0 bridgehead atoms. The molecule has 6 heteroatoms.